The third-order valence-corrected chi connectivity index (χ3v) is 8.67. The van der Waals surface area contributed by atoms with Crippen molar-refractivity contribution in [3.63, 3.8) is 0 Å². The van der Waals surface area contributed by atoms with Gasteiger partial charge in [-0.3, -0.25) is 4.79 Å². The molecule has 9 heteroatoms. The Balaban J connectivity index is 1.99. The van der Waals surface area contributed by atoms with Gasteiger partial charge in [-0.1, -0.05) is 26.0 Å². The van der Waals surface area contributed by atoms with E-state index < -0.39 is 10.0 Å². The van der Waals surface area contributed by atoms with Gasteiger partial charge in [0, 0.05) is 28.4 Å². The molecule has 0 aliphatic rings. The fourth-order valence-corrected chi connectivity index (χ4v) is 6.36. The largest absolute Gasteiger partial charge is 0.495 e. The van der Waals surface area contributed by atoms with Gasteiger partial charge in [-0.15, -0.1) is 22.7 Å². The lowest BCUT2D eigenvalue weighted by atomic mass is 10.2. The molecule has 0 fully saturated rings. The maximum absolute atomic E-state index is 13.5. The molecule has 1 amide bonds. The number of ether oxygens (including phenoxy) is 1. The van der Waals surface area contributed by atoms with Crippen molar-refractivity contribution in [2.45, 2.75) is 31.8 Å². The third-order valence-electron chi connectivity index (χ3n) is 4.87. The van der Waals surface area contributed by atoms with Crippen molar-refractivity contribution in [3.05, 3.63) is 68.5 Å². The van der Waals surface area contributed by atoms with Crippen LogP contribution in [0.2, 0.25) is 0 Å². The average Bonchev–Trinajstić information content (AvgIpc) is 3.47. The molecule has 0 spiro atoms. The SMILES string of the molecule is CCN(CC)S(=O)(=O)c1cc(C(=O)N(Cc2cccs2)Cc2cccs2)ccc1OC. The maximum atomic E-state index is 13.5. The van der Waals surface area contributed by atoms with Gasteiger partial charge in [0.05, 0.1) is 20.2 Å². The Labute approximate surface area is 191 Å². The highest BCUT2D eigenvalue weighted by molar-refractivity contribution is 7.89. The van der Waals surface area contributed by atoms with Crippen molar-refractivity contribution in [3.8, 4) is 5.75 Å². The molecule has 166 valence electrons. The van der Waals surface area contributed by atoms with Gasteiger partial charge in [-0.05, 0) is 41.1 Å². The Morgan fingerprint density at radius 3 is 2.00 bits per heavy atom. The lowest BCUT2D eigenvalue weighted by Gasteiger charge is -2.23. The van der Waals surface area contributed by atoms with Gasteiger partial charge in [0.15, 0.2) is 0 Å². The second kappa shape index (κ2) is 10.4. The zero-order valence-corrected chi connectivity index (χ0v) is 20.2. The number of rotatable bonds is 10. The summed E-state index contributed by atoms with van der Waals surface area (Å²) >= 11 is 3.17. The highest BCUT2D eigenvalue weighted by atomic mass is 32.2. The molecule has 1 aromatic carbocycles. The summed E-state index contributed by atoms with van der Waals surface area (Å²) in [5.41, 5.74) is 0.319. The first-order chi connectivity index (χ1) is 14.9. The van der Waals surface area contributed by atoms with Crippen LogP contribution in [0.1, 0.15) is 34.0 Å². The Bertz CT molecular complexity index is 1050. The molecule has 0 aliphatic carbocycles. The Hall–Kier alpha value is -2.20. The van der Waals surface area contributed by atoms with Gasteiger partial charge in [0.1, 0.15) is 10.6 Å². The van der Waals surface area contributed by atoms with Gasteiger partial charge in [0.2, 0.25) is 10.0 Å². The minimum atomic E-state index is -3.78. The molecular weight excluding hydrogens is 452 g/mol. The van der Waals surface area contributed by atoms with E-state index in [-0.39, 0.29) is 16.6 Å². The predicted octanol–water partition coefficient (Wildman–Crippen LogP) is 4.69. The number of carbonyl (C=O) groups excluding carboxylic acids is 1. The summed E-state index contributed by atoms with van der Waals surface area (Å²) in [5.74, 6) is 0.00645. The van der Waals surface area contributed by atoms with E-state index >= 15 is 0 Å². The van der Waals surface area contributed by atoms with Crippen molar-refractivity contribution in [2.24, 2.45) is 0 Å². The predicted molar refractivity (Wildman–Crippen MR) is 125 cm³/mol. The first-order valence-corrected chi connectivity index (χ1v) is 13.1. The third kappa shape index (κ3) is 5.35. The molecule has 31 heavy (non-hydrogen) atoms. The molecule has 0 aliphatic heterocycles. The maximum Gasteiger partial charge on any atom is 0.254 e. The van der Waals surface area contributed by atoms with Crippen LogP contribution in [0.5, 0.6) is 5.75 Å². The lowest BCUT2D eigenvalue weighted by Crippen LogP contribution is -2.32. The summed E-state index contributed by atoms with van der Waals surface area (Å²) in [5, 5.41) is 3.95. The minimum Gasteiger partial charge on any atom is -0.495 e. The van der Waals surface area contributed by atoms with E-state index in [1.165, 1.54) is 17.5 Å². The molecule has 2 heterocycles. The number of hydrogen-bond acceptors (Lipinski definition) is 6. The summed E-state index contributed by atoms with van der Waals surface area (Å²) < 4.78 is 33.0. The Morgan fingerprint density at radius 2 is 1.55 bits per heavy atom. The summed E-state index contributed by atoms with van der Waals surface area (Å²) in [6.45, 7) is 5.15. The number of thiophene rings is 2. The zero-order valence-electron chi connectivity index (χ0n) is 17.8. The van der Waals surface area contributed by atoms with Crippen LogP contribution in [-0.4, -0.2) is 43.7 Å². The average molecular weight is 479 g/mol. The van der Waals surface area contributed by atoms with Crippen LogP contribution in [-0.2, 0) is 23.1 Å². The number of benzene rings is 1. The van der Waals surface area contributed by atoms with E-state index in [2.05, 4.69) is 0 Å². The summed E-state index contributed by atoms with van der Waals surface area (Å²) in [7, 11) is -2.36. The highest BCUT2D eigenvalue weighted by Crippen LogP contribution is 2.29. The summed E-state index contributed by atoms with van der Waals surface area (Å²) in [6.07, 6.45) is 0. The smallest absolute Gasteiger partial charge is 0.254 e. The molecule has 0 atom stereocenters. The zero-order chi connectivity index (χ0) is 22.4. The Morgan fingerprint density at radius 1 is 0.968 bits per heavy atom. The number of hydrogen-bond donors (Lipinski definition) is 0. The normalized spacial score (nSPS) is 11.6. The van der Waals surface area contributed by atoms with Crippen LogP contribution < -0.4 is 4.74 Å². The first kappa shape index (κ1) is 23.5. The topological polar surface area (TPSA) is 66.9 Å². The first-order valence-electron chi connectivity index (χ1n) is 9.92. The fourth-order valence-electron chi connectivity index (χ4n) is 3.28. The van der Waals surface area contributed by atoms with E-state index in [1.807, 2.05) is 35.0 Å². The second-order valence-electron chi connectivity index (χ2n) is 6.77. The van der Waals surface area contributed by atoms with Gasteiger partial charge >= 0.3 is 0 Å². The summed E-state index contributed by atoms with van der Waals surface area (Å²) in [4.78, 5) is 17.4. The highest BCUT2D eigenvalue weighted by Gasteiger charge is 2.28. The van der Waals surface area contributed by atoms with Crippen LogP contribution in [0.4, 0.5) is 0 Å². The number of sulfonamides is 1. The molecule has 3 rings (SSSR count). The van der Waals surface area contributed by atoms with E-state index in [4.69, 9.17) is 4.74 Å². The molecule has 0 unspecified atom stereocenters. The number of nitrogens with zero attached hydrogens (tertiary/aromatic N) is 2. The standard InChI is InChI=1S/C22H26N2O4S3/c1-4-24(5-2)31(26,27)21-14-17(10-11-20(21)28-3)22(25)23(15-18-8-6-12-29-18)16-19-9-7-13-30-19/h6-14H,4-5,15-16H2,1-3H3. The fraction of sp³-hybridized carbons (Fsp3) is 0.318. The quantitative estimate of drug-likeness (QED) is 0.424. The van der Waals surface area contributed by atoms with Gasteiger partial charge in [0.25, 0.3) is 5.91 Å². The molecule has 2 aromatic heterocycles. The van der Waals surface area contributed by atoms with Crippen molar-refractivity contribution in [1.82, 2.24) is 9.21 Å². The van der Waals surface area contributed by atoms with Crippen LogP contribution in [0.15, 0.2) is 58.1 Å². The Kier molecular flexibility index (Phi) is 7.88. The van der Waals surface area contributed by atoms with Crippen molar-refractivity contribution >= 4 is 38.6 Å². The number of methoxy groups -OCH3 is 1. The molecule has 6 nitrogen and oxygen atoms in total. The monoisotopic (exact) mass is 478 g/mol. The van der Waals surface area contributed by atoms with E-state index in [0.717, 1.165) is 9.75 Å². The van der Waals surface area contributed by atoms with Gasteiger partial charge < -0.3 is 9.64 Å². The van der Waals surface area contributed by atoms with Crippen LogP contribution in [0, 0.1) is 0 Å². The lowest BCUT2D eigenvalue weighted by molar-refractivity contribution is 0.0733. The molecule has 0 radical (unpaired) electrons. The second-order valence-corrected chi connectivity index (χ2v) is 10.7. The van der Waals surface area contributed by atoms with Crippen molar-refractivity contribution in [2.75, 3.05) is 20.2 Å². The van der Waals surface area contributed by atoms with Gasteiger partial charge in [-0.2, -0.15) is 4.31 Å². The van der Waals surface area contributed by atoms with E-state index in [9.17, 15) is 13.2 Å². The number of carbonyl (C=O) groups is 1. The molecule has 3 aromatic rings. The van der Waals surface area contributed by atoms with E-state index in [0.29, 0.717) is 31.7 Å². The molecule has 0 saturated carbocycles. The van der Waals surface area contributed by atoms with Crippen molar-refractivity contribution in [1.29, 1.82) is 0 Å². The molecule has 0 saturated heterocycles. The van der Waals surface area contributed by atoms with Crippen LogP contribution >= 0.6 is 22.7 Å². The van der Waals surface area contributed by atoms with E-state index in [1.54, 1.807) is 53.6 Å². The molecular formula is C22H26N2O4S3. The molecule has 0 bridgehead atoms. The van der Waals surface area contributed by atoms with Crippen LogP contribution in [0.3, 0.4) is 0 Å². The van der Waals surface area contributed by atoms with Crippen molar-refractivity contribution < 1.29 is 17.9 Å². The van der Waals surface area contributed by atoms with Crippen LogP contribution in [0.25, 0.3) is 0 Å². The molecule has 0 N–H and O–H groups in total. The minimum absolute atomic E-state index is 0.0109. The van der Waals surface area contributed by atoms with Gasteiger partial charge in [-0.25, -0.2) is 8.42 Å². The number of amides is 1. The summed E-state index contributed by atoms with van der Waals surface area (Å²) in [6, 6.07) is 12.5.